The van der Waals surface area contributed by atoms with E-state index >= 15 is 0 Å². The number of nitriles is 1. The Hall–Kier alpha value is -1.53. The zero-order valence-corrected chi connectivity index (χ0v) is 11.8. The van der Waals surface area contributed by atoms with E-state index in [2.05, 4.69) is 6.07 Å². The Balaban J connectivity index is 2.25. The Morgan fingerprint density at radius 3 is 2.63 bits per heavy atom. The number of amides is 1. The highest BCUT2D eigenvalue weighted by atomic mass is 35.5. The molecule has 2 rings (SSSR count). The Kier molecular flexibility index (Phi) is 4.11. The van der Waals surface area contributed by atoms with Crippen molar-refractivity contribution in [1.82, 2.24) is 4.90 Å². The molecule has 0 unspecified atom stereocenters. The molecular weight excluding hydrogens is 260 g/mol. The molecule has 0 N–H and O–H groups in total. The Bertz CT molecular complexity index is 515. The molecular formula is C15H17ClN2O. The van der Waals surface area contributed by atoms with Gasteiger partial charge in [-0.25, -0.2) is 0 Å². The molecule has 4 heteroatoms. The van der Waals surface area contributed by atoms with Crippen LogP contribution in [0.4, 0.5) is 0 Å². The molecule has 0 bridgehead atoms. The van der Waals surface area contributed by atoms with E-state index in [-0.39, 0.29) is 5.91 Å². The van der Waals surface area contributed by atoms with Crippen LogP contribution >= 0.6 is 11.6 Å². The van der Waals surface area contributed by atoms with Crippen molar-refractivity contribution in [3.8, 4) is 6.07 Å². The van der Waals surface area contributed by atoms with Gasteiger partial charge >= 0.3 is 0 Å². The summed E-state index contributed by atoms with van der Waals surface area (Å²) in [5.41, 5.74) is -0.118. The molecule has 1 fully saturated rings. The van der Waals surface area contributed by atoms with Gasteiger partial charge in [-0.1, -0.05) is 36.9 Å². The summed E-state index contributed by atoms with van der Waals surface area (Å²) in [6, 6.07) is 9.22. The summed E-state index contributed by atoms with van der Waals surface area (Å²) in [6.45, 7) is 0. The molecule has 100 valence electrons. The molecule has 0 heterocycles. The zero-order chi connectivity index (χ0) is 13.9. The number of carbonyl (C=O) groups is 1. The summed E-state index contributed by atoms with van der Waals surface area (Å²) in [4.78, 5) is 14.1. The van der Waals surface area contributed by atoms with Gasteiger partial charge in [0.1, 0.15) is 5.54 Å². The molecule has 0 aromatic heterocycles. The topological polar surface area (TPSA) is 44.1 Å². The predicted molar refractivity (Wildman–Crippen MR) is 75.0 cm³/mol. The zero-order valence-electron chi connectivity index (χ0n) is 11.0. The highest BCUT2D eigenvalue weighted by molar-refractivity contribution is 6.30. The fourth-order valence-electron chi connectivity index (χ4n) is 2.67. The second kappa shape index (κ2) is 5.63. The van der Waals surface area contributed by atoms with Gasteiger partial charge in [0, 0.05) is 17.6 Å². The predicted octanol–water partition coefficient (Wildman–Crippen LogP) is 3.64. The molecule has 1 saturated carbocycles. The van der Waals surface area contributed by atoms with Gasteiger partial charge in [-0.3, -0.25) is 4.79 Å². The van der Waals surface area contributed by atoms with Crippen LogP contribution in [0.5, 0.6) is 0 Å². The highest BCUT2D eigenvalue weighted by Gasteiger charge is 2.39. The van der Waals surface area contributed by atoms with Gasteiger partial charge in [0.2, 0.25) is 0 Å². The molecule has 3 nitrogen and oxygen atoms in total. The van der Waals surface area contributed by atoms with E-state index in [1.165, 1.54) is 0 Å². The van der Waals surface area contributed by atoms with Crippen LogP contribution in [0.15, 0.2) is 24.3 Å². The number of rotatable bonds is 2. The first-order valence-electron chi connectivity index (χ1n) is 6.54. The van der Waals surface area contributed by atoms with Gasteiger partial charge in [0.05, 0.1) is 6.07 Å². The molecule has 0 saturated heterocycles. The Morgan fingerprint density at radius 2 is 2.05 bits per heavy atom. The molecule has 1 amide bonds. The normalized spacial score (nSPS) is 17.5. The van der Waals surface area contributed by atoms with E-state index in [0.717, 1.165) is 32.1 Å². The van der Waals surface area contributed by atoms with Gasteiger partial charge in [-0.05, 0) is 31.0 Å². The van der Waals surface area contributed by atoms with E-state index in [1.54, 1.807) is 36.2 Å². The summed E-state index contributed by atoms with van der Waals surface area (Å²) >= 11 is 5.91. The second-order valence-electron chi connectivity index (χ2n) is 5.08. The summed E-state index contributed by atoms with van der Waals surface area (Å²) in [6.07, 6.45) is 4.66. The quantitative estimate of drug-likeness (QED) is 0.828. The number of hydrogen-bond donors (Lipinski definition) is 0. The maximum atomic E-state index is 12.5. The van der Waals surface area contributed by atoms with Crippen molar-refractivity contribution in [2.45, 2.75) is 37.6 Å². The average molecular weight is 277 g/mol. The lowest BCUT2D eigenvalue weighted by molar-refractivity contribution is 0.0589. The molecule has 1 aromatic rings. The lowest BCUT2D eigenvalue weighted by Gasteiger charge is -2.39. The lowest BCUT2D eigenvalue weighted by atomic mass is 9.81. The lowest BCUT2D eigenvalue weighted by Crippen LogP contribution is -2.49. The molecule has 0 radical (unpaired) electrons. The third-order valence-corrected chi connectivity index (χ3v) is 4.14. The molecule has 0 atom stereocenters. The van der Waals surface area contributed by atoms with Crippen molar-refractivity contribution in [2.24, 2.45) is 0 Å². The van der Waals surface area contributed by atoms with Crippen LogP contribution in [0.25, 0.3) is 0 Å². The summed E-state index contributed by atoms with van der Waals surface area (Å²) in [7, 11) is 1.72. The molecule has 0 spiro atoms. The maximum absolute atomic E-state index is 12.5. The van der Waals surface area contributed by atoms with Gasteiger partial charge in [0.15, 0.2) is 0 Å². The molecule has 1 aliphatic carbocycles. The van der Waals surface area contributed by atoms with Crippen molar-refractivity contribution in [2.75, 3.05) is 7.05 Å². The molecule has 0 aliphatic heterocycles. The minimum Gasteiger partial charge on any atom is -0.323 e. The van der Waals surface area contributed by atoms with Gasteiger partial charge in [-0.2, -0.15) is 5.26 Å². The number of nitrogens with zero attached hydrogens (tertiary/aromatic N) is 2. The SMILES string of the molecule is CN(C(=O)c1cccc(Cl)c1)C1(C#N)CCCCC1. The first-order valence-corrected chi connectivity index (χ1v) is 6.92. The molecule has 1 aromatic carbocycles. The summed E-state index contributed by atoms with van der Waals surface area (Å²) in [5, 5.41) is 10.0. The van der Waals surface area contributed by atoms with E-state index < -0.39 is 5.54 Å². The van der Waals surface area contributed by atoms with Gasteiger partial charge in [0.25, 0.3) is 5.91 Å². The minimum atomic E-state index is -0.655. The van der Waals surface area contributed by atoms with Crippen LogP contribution in [-0.4, -0.2) is 23.4 Å². The van der Waals surface area contributed by atoms with Crippen molar-refractivity contribution in [1.29, 1.82) is 5.26 Å². The van der Waals surface area contributed by atoms with Crippen molar-refractivity contribution >= 4 is 17.5 Å². The van der Waals surface area contributed by atoms with Gasteiger partial charge in [-0.15, -0.1) is 0 Å². The Labute approximate surface area is 118 Å². The van der Waals surface area contributed by atoms with Crippen LogP contribution in [0.1, 0.15) is 42.5 Å². The summed E-state index contributed by atoms with van der Waals surface area (Å²) < 4.78 is 0. The van der Waals surface area contributed by atoms with Crippen LogP contribution < -0.4 is 0 Å². The average Bonchev–Trinajstić information content (AvgIpc) is 2.46. The molecule has 19 heavy (non-hydrogen) atoms. The first kappa shape index (κ1) is 13.9. The highest BCUT2D eigenvalue weighted by Crippen LogP contribution is 2.33. The van der Waals surface area contributed by atoms with Crippen molar-refractivity contribution in [3.05, 3.63) is 34.9 Å². The number of benzene rings is 1. The van der Waals surface area contributed by atoms with E-state index in [4.69, 9.17) is 11.6 Å². The molecule has 1 aliphatic rings. The van der Waals surface area contributed by atoms with E-state index in [9.17, 15) is 10.1 Å². The smallest absolute Gasteiger partial charge is 0.254 e. The van der Waals surface area contributed by atoms with Crippen LogP contribution in [0.2, 0.25) is 5.02 Å². The van der Waals surface area contributed by atoms with Crippen LogP contribution in [-0.2, 0) is 0 Å². The third kappa shape index (κ3) is 2.74. The first-order chi connectivity index (χ1) is 9.09. The third-order valence-electron chi connectivity index (χ3n) is 3.91. The van der Waals surface area contributed by atoms with Crippen molar-refractivity contribution < 1.29 is 4.79 Å². The van der Waals surface area contributed by atoms with Gasteiger partial charge < -0.3 is 4.90 Å². The number of carbonyl (C=O) groups excluding carboxylic acids is 1. The number of halogens is 1. The maximum Gasteiger partial charge on any atom is 0.254 e. The monoisotopic (exact) mass is 276 g/mol. The minimum absolute atomic E-state index is 0.133. The van der Waals surface area contributed by atoms with Crippen LogP contribution in [0, 0.1) is 11.3 Å². The van der Waals surface area contributed by atoms with Crippen LogP contribution in [0.3, 0.4) is 0 Å². The standard InChI is InChI=1S/C15H17ClN2O/c1-18(15(11-17)8-3-2-4-9-15)14(19)12-6-5-7-13(16)10-12/h5-7,10H,2-4,8-9H2,1H3. The summed E-state index contributed by atoms with van der Waals surface area (Å²) in [5.74, 6) is -0.133. The van der Waals surface area contributed by atoms with E-state index in [0.29, 0.717) is 10.6 Å². The van der Waals surface area contributed by atoms with E-state index in [1.807, 2.05) is 0 Å². The Morgan fingerprint density at radius 1 is 1.37 bits per heavy atom. The fraction of sp³-hybridized carbons (Fsp3) is 0.467. The largest absolute Gasteiger partial charge is 0.323 e. The fourth-order valence-corrected chi connectivity index (χ4v) is 2.86. The number of hydrogen-bond acceptors (Lipinski definition) is 2. The van der Waals surface area contributed by atoms with Crippen molar-refractivity contribution in [3.63, 3.8) is 0 Å². The second-order valence-corrected chi connectivity index (χ2v) is 5.52.